The van der Waals surface area contributed by atoms with Gasteiger partial charge in [-0.2, -0.15) is 5.26 Å². The number of methoxy groups -OCH3 is 1. The fraction of sp³-hybridized carbons (Fsp3) is 0.136. The summed E-state index contributed by atoms with van der Waals surface area (Å²) in [6, 6.07) is 19.1. The van der Waals surface area contributed by atoms with Crippen molar-refractivity contribution in [2.75, 3.05) is 24.6 Å². The van der Waals surface area contributed by atoms with Crippen LogP contribution < -0.4 is 13.8 Å². The molecule has 0 bridgehead atoms. The van der Waals surface area contributed by atoms with Crippen LogP contribution in [0.2, 0.25) is 0 Å². The van der Waals surface area contributed by atoms with Crippen molar-refractivity contribution in [3.8, 4) is 28.7 Å². The maximum Gasteiger partial charge on any atom is 0.264 e. The Bertz CT molecular complexity index is 1250. The number of hydrogen-bond acceptors (Lipinski definition) is 6. The molecule has 6 nitrogen and oxygen atoms in total. The van der Waals surface area contributed by atoms with Crippen molar-refractivity contribution in [3.05, 3.63) is 66.2 Å². The Labute approximate surface area is 180 Å². The molecular formula is C22H18N2O4S2. The minimum absolute atomic E-state index is 0.193. The van der Waals surface area contributed by atoms with Gasteiger partial charge >= 0.3 is 0 Å². The lowest BCUT2D eigenvalue weighted by molar-refractivity contribution is 0.316. The van der Waals surface area contributed by atoms with Crippen LogP contribution in [0.1, 0.15) is 5.56 Å². The van der Waals surface area contributed by atoms with Crippen LogP contribution in [0.5, 0.6) is 11.5 Å². The number of anilines is 1. The van der Waals surface area contributed by atoms with Gasteiger partial charge in [-0.1, -0.05) is 12.1 Å². The predicted molar refractivity (Wildman–Crippen MR) is 117 cm³/mol. The van der Waals surface area contributed by atoms with Crippen molar-refractivity contribution in [1.82, 2.24) is 0 Å². The van der Waals surface area contributed by atoms with E-state index in [1.54, 1.807) is 54.6 Å². The van der Waals surface area contributed by atoms with Gasteiger partial charge in [0.2, 0.25) is 0 Å². The van der Waals surface area contributed by atoms with Crippen molar-refractivity contribution in [2.24, 2.45) is 0 Å². The highest BCUT2D eigenvalue weighted by atomic mass is 32.2. The second-order valence-corrected chi connectivity index (χ2v) is 9.01. The number of sulfonamides is 1. The quantitative estimate of drug-likeness (QED) is 0.620. The van der Waals surface area contributed by atoms with Gasteiger partial charge in [-0.3, -0.25) is 4.31 Å². The lowest BCUT2D eigenvalue weighted by Gasteiger charge is -2.31. The first-order chi connectivity index (χ1) is 14.4. The average molecular weight is 439 g/mol. The third-order valence-corrected chi connectivity index (χ3v) is 6.99. The van der Waals surface area contributed by atoms with E-state index < -0.39 is 10.0 Å². The smallest absolute Gasteiger partial charge is 0.264 e. The number of nitriles is 1. The molecule has 30 heavy (non-hydrogen) atoms. The third kappa shape index (κ3) is 3.58. The number of thiol groups is 1. The Kier molecular flexibility index (Phi) is 5.33. The van der Waals surface area contributed by atoms with E-state index in [9.17, 15) is 13.7 Å². The van der Waals surface area contributed by atoms with Crippen molar-refractivity contribution in [2.45, 2.75) is 9.79 Å². The summed E-state index contributed by atoms with van der Waals surface area (Å²) in [7, 11) is -2.26. The van der Waals surface area contributed by atoms with Gasteiger partial charge in [-0.25, -0.2) is 8.42 Å². The van der Waals surface area contributed by atoms with E-state index in [2.05, 4.69) is 18.7 Å². The minimum atomic E-state index is -3.76. The highest BCUT2D eigenvalue weighted by molar-refractivity contribution is 7.92. The Morgan fingerprint density at radius 3 is 2.47 bits per heavy atom. The first-order valence-corrected chi connectivity index (χ1v) is 11.0. The Balaban J connectivity index is 1.79. The van der Waals surface area contributed by atoms with Gasteiger partial charge in [0, 0.05) is 4.90 Å². The molecule has 0 radical (unpaired) electrons. The van der Waals surface area contributed by atoms with Gasteiger partial charge in [0.1, 0.15) is 24.2 Å². The summed E-state index contributed by atoms with van der Waals surface area (Å²) >= 11 is 4.22. The summed E-state index contributed by atoms with van der Waals surface area (Å²) < 4.78 is 38.9. The highest BCUT2D eigenvalue weighted by Crippen LogP contribution is 2.39. The Morgan fingerprint density at radius 1 is 1.07 bits per heavy atom. The maximum absolute atomic E-state index is 13.3. The normalized spacial score (nSPS) is 13.2. The van der Waals surface area contributed by atoms with Gasteiger partial charge < -0.3 is 9.47 Å². The Morgan fingerprint density at radius 2 is 1.77 bits per heavy atom. The number of ether oxygens (including phenoxy) is 2. The topological polar surface area (TPSA) is 79.6 Å². The number of nitrogens with zero attached hydrogens (tertiary/aromatic N) is 2. The molecule has 0 saturated carbocycles. The van der Waals surface area contributed by atoms with Crippen LogP contribution in [0.25, 0.3) is 11.1 Å². The molecule has 1 heterocycles. The predicted octanol–water partition coefficient (Wildman–Crippen LogP) is 4.11. The van der Waals surface area contributed by atoms with E-state index in [0.717, 1.165) is 11.1 Å². The molecule has 0 fully saturated rings. The van der Waals surface area contributed by atoms with Crippen LogP contribution in [0.15, 0.2) is 70.5 Å². The minimum Gasteiger partial charge on any atom is -0.495 e. The fourth-order valence-corrected chi connectivity index (χ4v) is 4.93. The standard InChI is InChI=1S/C22H18N2O4S2/c1-27-22-13-16(2-3-17(22)14-23)15-4-9-21-20(12-15)24(10-11-28-21)30(25,26)19-7-5-18(29)6-8-19/h2-9,12-13,29H,10-11H2,1H3. The molecule has 0 amide bonds. The van der Waals surface area contributed by atoms with Gasteiger partial charge in [-0.05, 0) is 59.7 Å². The number of rotatable bonds is 4. The summed E-state index contributed by atoms with van der Waals surface area (Å²) in [6.07, 6.45) is 0. The van der Waals surface area contributed by atoms with E-state index in [1.165, 1.54) is 11.4 Å². The fourth-order valence-electron chi connectivity index (χ4n) is 3.33. The second-order valence-electron chi connectivity index (χ2n) is 6.63. The van der Waals surface area contributed by atoms with Crippen molar-refractivity contribution in [1.29, 1.82) is 5.26 Å². The molecule has 0 aliphatic carbocycles. The molecule has 0 atom stereocenters. The third-order valence-electron chi connectivity index (χ3n) is 4.86. The van der Waals surface area contributed by atoms with Crippen LogP contribution in [0.3, 0.4) is 0 Å². The van der Waals surface area contributed by atoms with E-state index in [0.29, 0.717) is 27.6 Å². The van der Waals surface area contributed by atoms with Crippen LogP contribution in [-0.4, -0.2) is 28.7 Å². The average Bonchev–Trinajstić information content (AvgIpc) is 2.78. The number of hydrogen-bond donors (Lipinski definition) is 1. The lowest BCUT2D eigenvalue weighted by atomic mass is 10.0. The molecule has 3 aromatic carbocycles. The van der Waals surface area contributed by atoms with Gasteiger partial charge in [0.15, 0.2) is 0 Å². The summed E-state index contributed by atoms with van der Waals surface area (Å²) in [6.45, 7) is 0.471. The largest absolute Gasteiger partial charge is 0.495 e. The van der Waals surface area contributed by atoms with Crippen molar-refractivity contribution < 1.29 is 17.9 Å². The zero-order valence-electron chi connectivity index (χ0n) is 16.1. The number of benzene rings is 3. The maximum atomic E-state index is 13.3. The molecule has 1 aliphatic rings. The van der Waals surface area contributed by atoms with E-state index in [1.807, 2.05) is 6.07 Å². The van der Waals surface area contributed by atoms with Gasteiger partial charge in [0.05, 0.1) is 29.8 Å². The molecule has 3 aromatic rings. The molecule has 8 heteroatoms. The van der Waals surface area contributed by atoms with Crippen LogP contribution in [-0.2, 0) is 10.0 Å². The summed E-state index contributed by atoms with van der Waals surface area (Å²) in [5, 5.41) is 9.19. The van der Waals surface area contributed by atoms with Gasteiger partial charge in [0.25, 0.3) is 10.0 Å². The van der Waals surface area contributed by atoms with E-state index in [-0.39, 0.29) is 18.0 Å². The lowest BCUT2D eigenvalue weighted by Crippen LogP contribution is -2.37. The molecule has 0 N–H and O–H groups in total. The first kappa shape index (κ1) is 20.1. The molecule has 4 rings (SSSR count). The van der Waals surface area contributed by atoms with Crippen LogP contribution in [0, 0.1) is 11.3 Å². The SMILES string of the molecule is COc1cc(-c2ccc3c(c2)N(S(=O)(=O)c2ccc(S)cc2)CCO3)ccc1C#N. The molecular weight excluding hydrogens is 420 g/mol. The van der Waals surface area contributed by atoms with Crippen molar-refractivity contribution in [3.63, 3.8) is 0 Å². The van der Waals surface area contributed by atoms with Gasteiger partial charge in [-0.15, -0.1) is 12.6 Å². The molecule has 0 saturated heterocycles. The summed E-state index contributed by atoms with van der Waals surface area (Å²) in [5.74, 6) is 0.959. The second kappa shape index (κ2) is 7.94. The number of fused-ring (bicyclic) bond motifs is 1. The van der Waals surface area contributed by atoms with Crippen LogP contribution >= 0.6 is 12.6 Å². The molecule has 0 aromatic heterocycles. The highest BCUT2D eigenvalue weighted by Gasteiger charge is 2.30. The molecule has 0 unspecified atom stereocenters. The Hall–Kier alpha value is -3.15. The molecule has 1 aliphatic heterocycles. The van der Waals surface area contributed by atoms with Crippen LogP contribution in [0.4, 0.5) is 5.69 Å². The summed E-state index contributed by atoms with van der Waals surface area (Å²) in [4.78, 5) is 0.881. The first-order valence-electron chi connectivity index (χ1n) is 9.11. The zero-order valence-corrected chi connectivity index (χ0v) is 17.8. The molecule has 0 spiro atoms. The summed E-state index contributed by atoms with van der Waals surface area (Å²) in [5.41, 5.74) is 2.49. The van der Waals surface area contributed by atoms with Crippen molar-refractivity contribution >= 4 is 28.3 Å². The van der Waals surface area contributed by atoms with E-state index >= 15 is 0 Å². The monoisotopic (exact) mass is 438 g/mol. The zero-order chi connectivity index (χ0) is 21.3. The molecule has 152 valence electrons. The van der Waals surface area contributed by atoms with E-state index in [4.69, 9.17) is 9.47 Å².